The maximum Gasteiger partial charge on any atom is 0.224 e. The average molecular weight is 256 g/mol. The maximum atomic E-state index is 9.43. The van der Waals surface area contributed by atoms with Crippen LogP contribution in [-0.2, 0) is 0 Å². The third kappa shape index (κ3) is 3.82. The van der Waals surface area contributed by atoms with Crippen molar-refractivity contribution in [3.63, 3.8) is 0 Å². The van der Waals surface area contributed by atoms with Crippen molar-refractivity contribution < 1.29 is 5.11 Å². The number of aliphatic hydroxyl groups excluding tert-OH is 1. The Balaban J connectivity index is 1.85. The van der Waals surface area contributed by atoms with E-state index in [2.05, 4.69) is 15.3 Å². The van der Waals surface area contributed by atoms with Crippen LogP contribution >= 0.6 is 11.6 Å². The Hall–Kier alpha value is -0.870. The molecule has 1 saturated carbocycles. The van der Waals surface area contributed by atoms with E-state index in [0.29, 0.717) is 5.92 Å². The van der Waals surface area contributed by atoms with Crippen molar-refractivity contribution in [3.05, 3.63) is 17.0 Å². The molecule has 17 heavy (non-hydrogen) atoms. The van der Waals surface area contributed by atoms with Crippen molar-refractivity contribution in [2.75, 3.05) is 11.9 Å². The van der Waals surface area contributed by atoms with Gasteiger partial charge in [0.1, 0.15) is 5.82 Å². The van der Waals surface area contributed by atoms with Crippen molar-refractivity contribution in [2.45, 2.75) is 38.7 Å². The molecule has 0 aromatic carbocycles. The zero-order valence-corrected chi connectivity index (χ0v) is 10.7. The van der Waals surface area contributed by atoms with Gasteiger partial charge >= 0.3 is 0 Å². The first-order chi connectivity index (χ1) is 8.13. The minimum Gasteiger partial charge on any atom is -0.393 e. The van der Waals surface area contributed by atoms with Crippen LogP contribution in [0.5, 0.6) is 0 Å². The molecule has 94 valence electrons. The van der Waals surface area contributed by atoms with Crippen LogP contribution in [0.3, 0.4) is 0 Å². The molecule has 0 bridgehead atoms. The standard InChI is InChI=1S/C12H18ClN3O/c1-8-6-11(16-12(13)15-8)14-7-9-2-4-10(17)5-3-9/h6,9-10,17H,2-5,7H2,1H3,(H,14,15,16). The molecule has 1 fully saturated rings. The van der Waals surface area contributed by atoms with Crippen LogP contribution < -0.4 is 5.32 Å². The molecule has 1 aliphatic carbocycles. The number of rotatable bonds is 3. The Kier molecular flexibility index (Phi) is 4.18. The van der Waals surface area contributed by atoms with Crippen LogP contribution in [0, 0.1) is 12.8 Å². The molecule has 2 N–H and O–H groups in total. The Labute approximate surface area is 106 Å². The fourth-order valence-electron chi connectivity index (χ4n) is 2.22. The fraction of sp³-hybridized carbons (Fsp3) is 0.667. The van der Waals surface area contributed by atoms with Crippen LogP contribution in [-0.4, -0.2) is 27.7 Å². The molecular weight excluding hydrogens is 238 g/mol. The third-order valence-electron chi connectivity index (χ3n) is 3.22. The molecule has 0 radical (unpaired) electrons. The Morgan fingerprint density at radius 2 is 2.06 bits per heavy atom. The van der Waals surface area contributed by atoms with Gasteiger partial charge in [-0.25, -0.2) is 9.97 Å². The molecule has 5 heteroatoms. The second-order valence-electron chi connectivity index (χ2n) is 4.72. The number of nitrogens with one attached hydrogen (secondary N) is 1. The minimum atomic E-state index is -0.0954. The minimum absolute atomic E-state index is 0.0954. The van der Waals surface area contributed by atoms with Gasteiger partial charge in [0.2, 0.25) is 5.28 Å². The Morgan fingerprint density at radius 1 is 1.35 bits per heavy atom. The van der Waals surface area contributed by atoms with E-state index in [1.54, 1.807) is 0 Å². The van der Waals surface area contributed by atoms with Crippen molar-refractivity contribution >= 4 is 17.4 Å². The molecule has 0 spiro atoms. The highest BCUT2D eigenvalue weighted by atomic mass is 35.5. The van der Waals surface area contributed by atoms with Crippen LogP contribution in [0.1, 0.15) is 31.4 Å². The topological polar surface area (TPSA) is 58.0 Å². The first-order valence-electron chi connectivity index (χ1n) is 6.06. The summed E-state index contributed by atoms with van der Waals surface area (Å²) in [6.45, 7) is 2.79. The van der Waals surface area contributed by atoms with Crippen molar-refractivity contribution in [2.24, 2.45) is 5.92 Å². The Bertz CT molecular complexity index is 358. The van der Waals surface area contributed by atoms with Gasteiger partial charge in [-0.2, -0.15) is 0 Å². The molecule has 0 amide bonds. The number of hydrogen-bond acceptors (Lipinski definition) is 4. The van der Waals surface area contributed by atoms with E-state index in [1.807, 2.05) is 13.0 Å². The molecule has 4 nitrogen and oxygen atoms in total. The molecule has 2 rings (SSSR count). The molecule has 1 heterocycles. The highest BCUT2D eigenvalue weighted by Gasteiger charge is 2.19. The molecule has 0 unspecified atom stereocenters. The molecule has 0 saturated heterocycles. The van der Waals surface area contributed by atoms with Gasteiger partial charge in [0, 0.05) is 18.3 Å². The summed E-state index contributed by atoms with van der Waals surface area (Å²) in [5.74, 6) is 1.40. The van der Waals surface area contributed by atoms with Gasteiger partial charge in [0.05, 0.1) is 6.10 Å². The van der Waals surface area contributed by atoms with Gasteiger partial charge in [-0.15, -0.1) is 0 Å². The summed E-state index contributed by atoms with van der Waals surface area (Å²) in [7, 11) is 0. The van der Waals surface area contributed by atoms with E-state index < -0.39 is 0 Å². The molecule has 0 atom stereocenters. The van der Waals surface area contributed by atoms with Gasteiger partial charge in [-0.05, 0) is 50.1 Å². The molecule has 1 aromatic rings. The van der Waals surface area contributed by atoms with Crippen molar-refractivity contribution in [1.29, 1.82) is 0 Å². The summed E-state index contributed by atoms with van der Waals surface area (Å²) in [6, 6.07) is 1.89. The van der Waals surface area contributed by atoms with E-state index in [0.717, 1.165) is 43.7 Å². The molecule has 1 aliphatic rings. The van der Waals surface area contributed by atoms with Gasteiger partial charge in [-0.3, -0.25) is 0 Å². The van der Waals surface area contributed by atoms with E-state index in [9.17, 15) is 5.11 Å². The van der Waals surface area contributed by atoms with Gasteiger partial charge < -0.3 is 10.4 Å². The lowest BCUT2D eigenvalue weighted by atomic mass is 9.87. The van der Waals surface area contributed by atoms with E-state index in [1.165, 1.54) is 0 Å². The van der Waals surface area contributed by atoms with Gasteiger partial charge in [0.25, 0.3) is 0 Å². The number of halogens is 1. The van der Waals surface area contributed by atoms with Crippen LogP contribution in [0.4, 0.5) is 5.82 Å². The lowest BCUT2D eigenvalue weighted by molar-refractivity contribution is 0.111. The maximum absolute atomic E-state index is 9.43. The number of aromatic nitrogens is 2. The highest BCUT2D eigenvalue weighted by molar-refractivity contribution is 6.28. The van der Waals surface area contributed by atoms with Crippen molar-refractivity contribution in [3.8, 4) is 0 Å². The van der Waals surface area contributed by atoms with Crippen LogP contribution in [0.15, 0.2) is 6.07 Å². The highest BCUT2D eigenvalue weighted by Crippen LogP contribution is 2.24. The first kappa shape index (κ1) is 12.6. The summed E-state index contributed by atoms with van der Waals surface area (Å²) >= 11 is 5.80. The van der Waals surface area contributed by atoms with E-state index >= 15 is 0 Å². The third-order valence-corrected chi connectivity index (χ3v) is 3.38. The largest absolute Gasteiger partial charge is 0.393 e. The lowest BCUT2D eigenvalue weighted by Gasteiger charge is -2.25. The predicted molar refractivity (Wildman–Crippen MR) is 68.2 cm³/mol. The molecule has 0 aliphatic heterocycles. The molecule has 1 aromatic heterocycles. The van der Waals surface area contributed by atoms with Gasteiger partial charge in [-0.1, -0.05) is 0 Å². The van der Waals surface area contributed by atoms with Crippen molar-refractivity contribution in [1.82, 2.24) is 9.97 Å². The number of aryl methyl sites for hydroxylation is 1. The van der Waals surface area contributed by atoms with E-state index in [-0.39, 0.29) is 11.4 Å². The fourth-order valence-corrected chi connectivity index (χ4v) is 2.45. The monoisotopic (exact) mass is 255 g/mol. The first-order valence-corrected chi connectivity index (χ1v) is 6.44. The lowest BCUT2D eigenvalue weighted by Crippen LogP contribution is -2.23. The zero-order valence-electron chi connectivity index (χ0n) is 9.99. The van der Waals surface area contributed by atoms with E-state index in [4.69, 9.17) is 11.6 Å². The van der Waals surface area contributed by atoms with Crippen LogP contribution in [0.25, 0.3) is 0 Å². The summed E-state index contributed by atoms with van der Waals surface area (Å²) in [5.41, 5.74) is 0.867. The normalized spacial score (nSPS) is 24.6. The number of hydrogen-bond donors (Lipinski definition) is 2. The predicted octanol–water partition coefficient (Wildman–Crippen LogP) is 2.40. The average Bonchev–Trinajstić information content (AvgIpc) is 2.27. The summed E-state index contributed by atoms with van der Waals surface area (Å²) in [6.07, 6.45) is 3.88. The zero-order chi connectivity index (χ0) is 12.3. The SMILES string of the molecule is Cc1cc(NCC2CCC(O)CC2)nc(Cl)n1. The number of anilines is 1. The summed E-state index contributed by atoms with van der Waals surface area (Å²) in [4.78, 5) is 8.15. The summed E-state index contributed by atoms with van der Waals surface area (Å²) in [5, 5.41) is 13.0. The van der Waals surface area contributed by atoms with Gasteiger partial charge in [0.15, 0.2) is 0 Å². The summed E-state index contributed by atoms with van der Waals surface area (Å²) < 4.78 is 0. The second-order valence-corrected chi connectivity index (χ2v) is 5.06. The second kappa shape index (κ2) is 5.65. The number of nitrogens with zero attached hydrogens (tertiary/aromatic N) is 2. The Morgan fingerprint density at radius 3 is 2.71 bits per heavy atom. The molecular formula is C12H18ClN3O. The quantitative estimate of drug-likeness (QED) is 0.815. The smallest absolute Gasteiger partial charge is 0.224 e. The number of aliphatic hydroxyl groups is 1. The van der Waals surface area contributed by atoms with Crippen LogP contribution in [0.2, 0.25) is 5.28 Å².